The van der Waals surface area contributed by atoms with Gasteiger partial charge in [-0.1, -0.05) is 0 Å². The molecule has 0 saturated carbocycles. The summed E-state index contributed by atoms with van der Waals surface area (Å²) in [6.45, 7) is 3.81. The second-order valence-corrected chi connectivity index (χ2v) is 4.67. The molecule has 18 heavy (non-hydrogen) atoms. The molecule has 0 radical (unpaired) electrons. The number of rotatable bonds is 4. The number of nitrogens with two attached hydrogens (primary N) is 1. The van der Waals surface area contributed by atoms with E-state index < -0.39 is 0 Å². The molecule has 0 aromatic heterocycles. The lowest BCUT2D eigenvalue weighted by Crippen LogP contribution is -2.21. The molecule has 0 unspecified atom stereocenters. The van der Waals surface area contributed by atoms with Crippen molar-refractivity contribution in [1.82, 2.24) is 0 Å². The lowest BCUT2D eigenvalue weighted by Gasteiger charge is -2.22. The summed E-state index contributed by atoms with van der Waals surface area (Å²) < 4.78 is 11.0. The number of anilines is 1. The van der Waals surface area contributed by atoms with Crippen molar-refractivity contribution in [1.29, 1.82) is 0 Å². The average Bonchev–Trinajstić information content (AvgIpc) is 2.38. The smallest absolute Gasteiger partial charge is 0.162 e. The van der Waals surface area contributed by atoms with Crippen LogP contribution in [0, 0.1) is 5.92 Å². The maximum Gasteiger partial charge on any atom is 0.162 e. The minimum absolute atomic E-state index is 0.0379. The number of nitrogen functional groups attached to an aromatic ring is 1. The fraction of sp³-hybridized carbons (Fsp3) is 0.500. The van der Waals surface area contributed by atoms with Crippen molar-refractivity contribution in [2.75, 3.05) is 25.6 Å². The first-order valence-electron chi connectivity index (χ1n) is 6.28. The number of carbonyl (C=O) groups is 1. The zero-order valence-electron chi connectivity index (χ0n) is 10.6. The van der Waals surface area contributed by atoms with Gasteiger partial charge in [0.2, 0.25) is 0 Å². The fourth-order valence-corrected chi connectivity index (χ4v) is 2.06. The summed E-state index contributed by atoms with van der Waals surface area (Å²) in [5.41, 5.74) is 6.76. The molecule has 1 saturated heterocycles. The molecule has 4 heteroatoms. The van der Waals surface area contributed by atoms with Crippen LogP contribution in [0.25, 0.3) is 0 Å². The Morgan fingerprint density at radius 3 is 2.83 bits per heavy atom. The van der Waals surface area contributed by atoms with E-state index in [0.717, 1.165) is 26.1 Å². The van der Waals surface area contributed by atoms with Crippen LogP contribution in [0.4, 0.5) is 5.69 Å². The van der Waals surface area contributed by atoms with Gasteiger partial charge in [0.1, 0.15) is 5.75 Å². The summed E-state index contributed by atoms with van der Waals surface area (Å²) in [5, 5.41) is 0. The van der Waals surface area contributed by atoms with Gasteiger partial charge in [-0.2, -0.15) is 0 Å². The standard InChI is InChI=1S/C14H19NO3/c1-10(16)13-8-12(2-3-14(13)15)18-9-11-4-6-17-7-5-11/h2-3,8,11H,4-7,9,15H2,1H3. The van der Waals surface area contributed by atoms with Crippen molar-refractivity contribution < 1.29 is 14.3 Å². The van der Waals surface area contributed by atoms with Gasteiger partial charge >= 0.3 is 0 Å². The Morgan fingerprint density at radius 1 is 1.44 bits per heavy atom. The van der Waals surface area contributed by atoms with Gasteiger partial charge in [0.15, 0.2) is 5.78 Å². The van der Waals surface area contributed by atoms with Gasteiger partial charge in [0.05, 0.1) is 6.61 Å². The summed E-state index contributed by atoms with van der Waals surface area (Å²) >= 11 is 0. The van der Waals surface area contributed by atoms with Crippen molar-refractivity contribution in [3.63, 3.8) is 0 Å². The predicted octanol–water partition coefficient (Wildman–Crippen LogP) is 2.28. The van der Waals surface area contributed by atoms with Crippen molar-refractivity contribution in [2.45, 2.75) is 19.8 Å². The summed E-state index contributed by atoms with van der Waals surface area (Å²) in [5.74, 6) is 1.21. The Morgan fingerprint density at radius 2 is 2.17 bits per heavy atom. The molecule has 0 atom stereocenters. The Bertz CT molecular complexity index is 425. The molecule has 1 aliphatic heterocycles. The molecule has 98 valence electrons. The van der Waals surface area contributed by atoms with Gasteiger partial charge in [0.25, 0.3) is 0 Å². The third-order valence-corrected chi connectivity index (χ3v) is 3.23. The summed E-state index contributed by atoms with van der Waals surface area (Å²) in [6, 6.07) is 5.24. The van der Waals surface area contributed by atoms with Crippen molar-refractivity contribution >= 4 is 11.5 Å². The Balaban J connectivity index is 1.96. The normalized spacial score (nSPS) is 16.5. The van der Waals surface area contributed by atoms with E-state index in [1.54, 1.807) is 18.2 Å². The first-order chi connectivity index (χ1) is 8.66. The van der Waals surface area contributed by atoms with Crippen LogP contribution in [-0.2, 0) is 4.74 Å². The Labute approximate surface area is 107 Å². The Kier molecular flexibility index (Phi) is 4.20. The highest BCUT2D eigenvalue weighted by atomic mass is 16.5. The van der Waals surface area contributed by atoms with Crippen LogP contribution in [0.5, 0.6) is 5.75 Å². The van der Waals surface area contributed by atoms with Gasteiger partial charge < -0.3 is 15.2 Å². The van der Waals surface area contributed by atoms with E-state index >= 15 is 0 Å². The molecule has 4 nitrogen and oxygen atoms in total. The van der Waals surface area contributed by atoms with Gasteiger partial charge in [-0.25, -0.2) is 0 Å². The summed E-state index contributed by atoms with van der Waals surface area (Å²) in [4.78, 5) is 11.4. The van der Waals surface area contributed by atoms with Crippen LogP contribution in [0.2, 0.25) is 0 Å². The lowest BCUT2D eigenvalue weighted by atomic mass is 10.0. The molecule has 2 rings (SSSR count). The lowest BCUT2D eigenvalue weighted by molar-refractivity contribution is 0.0497. The van der Waals surface area contributed by atoms with E-state index in [1.165, 1.54) is 6.92 Å². The zero-order chi connectivity index (χ0) is 13.0. The van der Waals surface area contributed by atoms with Crippen molar-refractivity contribution in [2.24, 2.45) is 5.92 Å². The molecule has 1 aliphatic rings. The van der Waals surface area contributed by atoms with E-state index in [0.29, 0.717) is 29.5 Å². The van der Waals surface area contributed by atoms with Crippen LogP contribution in [0.3, 0.4) is 0 Å². The Hall–Kier alpha value is -1.55. The molecular weight excluding hydrogens is 230 g/mol. The number of Topliss-reactive ketones (excluding diaryl/α,β-unsaturated/α-hetero) is 1. The number of ketones is 1. The monoisotopic (exact) mass is 249 g/mol. The van der Waals surface area contributed by atoms with E-state index in [1.807, 2.05) is 0 Å². The largest absolute Gasteiger partial charge is 0.493 e. The SMILES string of the molecule is CC(=O)c1cc(OCC2CCOCC2)ccc1N. The van der Waals surface area contributed by atoms with Gasteiger partial charge in [-0.05, 0) is 43.9 Å². The van der Waals surface area contributed by atoms with Crippen molar-refractivity contribution in [3.05, 3.63) is 23.8 Å². The zero-order valence-corrected chi connectivity index (χ0v) is 10.6. The minimum Gasteiger partial charge on any atom is -0.493 e. The third kappa shape index (κ3) is 3.23. The number of hydrogen-bond acceptors (Lipinski definition) is 4. The number of benzene rings is 1. The highest BCUT2D eigenvalue weighted by Crippen LogP contribution is 2.22. The topological polar surface area (TPSA) is 61.5 Å². The van der Waals surface area contributed by atoms with Crippen LogP contribution in [0.15, 0.2) is 18.2 Å². The first-order valence-corrected chi connectivity index (χ1v) is 6.28. The van der Waals surface area contributed by atoms with Crippen molar-refractivity contribution in [3.8, 4) is 5.75 Å². The molecule has 0 bridgehead atoms. The van der Waals surface area contributed by atoms with Gasteiger partial charge in [0, 0.05) is 24.5 Å². The van der Waals surface area contributed by atoms with E-state index in [4.69, 9.17) is 15.2 Å². The molecule has 1 heterocycles. The highest BCUT2D eigenvalue weighted by molar-refractivity contribution is 5.99. The first kappa shape index (κ1) is 12.9. The molecule has 1 aromatic carbocycles. The summed E-state index contributed by atoms with van der Waals surface area (Å²) in [6.07, 6.45) is 2.07. The van der Waals surface area contributed by atoms with Gasteiger partial charge in [-0.15, -0.1) is 0 Å². The molecule has 0 spiro atoms. The summed E-state index contributed by atoms with van der Waals surface area (Å²) in [7, 11) is 0. The molecule has 0 amide bonds. The fourth-order valence-electron chi connectivity index (χ4n) is 2.06. The maximum absolute atomic E-state index is 11.4. The van der Waals surface area contributed by atoms with E-state index in [9.17, 15) is 4.79 Å². The average molecular weight is 249 g/mol. The number of carbonyl (C=O) groups excluding carboxylic acids is 1. The van der Waals surface area contributed by atoms with Crippen LogP contribution < -0.4 is 10.5 Å². The second-order valence-electron chi connectivity index (χ2n) is 4.67. The van der Waals surface area contributed by atoms with Crippen LogP contribution in [0.1, 0.15) is 30.1 Å². The van der Waals surface area contributed by atoms with Crippen LogP contribution >= 0.6 is 0 Å². The van der Waals surface area contributed by atoms with Gasteiger partial charge in [-0.3, -0.25) is 4.79 Å². The molecule has 1 fully saturated rings. The predicted molar refractivity (Wildman–Crippen MR) is 69.9 cm³/mol. The quantitative estimate of drug-likeness (QED) is 0.657. The molecule has 2 N–H and O–H groups in total. The third-order valence-electron chi connectivity index (χ3n) is 3.23. The van der Waals surface area contributed by atoms with E-state index in [2.05, 4.69) is 0 Å². The number of hydrogen-bond donors (Lipinski definition) is 1. The minimum atomic E-state index is -0.0379. The highest BCUT2D eigenvalue weighted by Gasteiger charge is 2.15. The second kappa shape index (κ2) is 5.87. The number of ether oxygens (including phenoxy) is 2. The maximum atomic E-state index is 11.4. The molecular formula is C14H19NO3. The molecule has 0 aliphatic carbocycles. The van der Waals surface area contributed by atoms with E-state index in [-0.39, 0.29) is 5.78 Å². The molecule has 1 aromatic rings. The van der Waals surface area contributed by atoms with Crippen LogP contribution in [-0.4, -0.2) is 25.6 Å².